The van der Waals surface area contributed by atoms with E-state index in [1.807, 2.05) is 48.5 Å². The molecule has 3 aromatic rings. The van der Waals surface area contributed by atoms with Gasteiger partial charge in [-0.1, -0.05) is 78.9 Å². The third-order valence-corrected chi connectivity index (χ3v) is 4.22. The van der Waals surface area contributed by atoms with Crippen LogP contribution in [-0.2, 0) is 0 Å². The van der Waals surface area contributed by atoms with E-state index < -0.39 is 0 Å². The molecule has 0 aliphatic carbocycles. The number of ketones is 1. The van der Waals surface area contributed by atoms with Crippen molar-refractivity contribution in [2.24, 2.45) is 0 Å². The lowest BCUT2D eigenvalue weighted by molar-refractivity contribution is 0.0974. The molecule has 114 valence electrons. The lowest BCUT2D eigenvalue weighted by Gasteiger charge is -2.16. The van der Waals surface area contributed by atoms with Crippen molar-refractivity contribution in [3.05, 3.63) is 96.6 Å². The summed E-state index contributed by atoms with van der Waals surface area (Å²) < 4.78 is 0. The second-order valence-corrected chi connectivity index (χ2v) is 5.82. The average Bonchev–Trinajstić information content (AvgIpc) is 2.61. The summed E-state index contributed by atoms with van der Waals surface area (Å²) in [5.74, 6) is 0.357. The summed E-state index contributed by atoms with van der Waals surface area (Å²) >= 11 is 0. The first-order valence-electron chi connectivity index (χ1n) is 7.96. The Labute approximate surface area is 137 Å². The average molecular weight is 300 g/mol. The maximum atomic E-state index is 12.5. The van der Waals surface area contributed by atoms with Gasteiger partial charge in [0.2, 0.25) is 0 Å². The van der Waals surface area contributed by atoms with Gasteiger partial charge in [-0.3, -0.25) is 4.79 Å². The number of Topliss-reactive ketones (excluding diaryl/α,β-unsaturated/α-hetero) is 1. The van der Waals surface area contributed by atoms with Crippen molar-refractivity contribution in [1.82, 2.24) is 0 Å². The maximum absolute atomic E-state index is 12.5. The van der Waals surface area contributed by atoms with E-state index in [0.717, 1.165) is 12.0 Å². The molecule has 3 rings (SSSR count). The molecule has 0 fully saturated rings. The molecule has 1 heteroatoms. The number of benzene rings is 3. The molecule has 0 spiro atoms. The number of carbonyl (C=O) groups excluding carboxylic acids is 1. The minimum absolute atomic E-state index is 0.171. The van der Waals surface area contributed by atoms with Gasteiger partial charge in [0.05, 0.1) is 0 Å². The van der Waals surface area contributed by atoms with Crippen LogP contribution in [0.1, 0.15) is 34.7 Å². The molecule has 1 unspecified atom stereocenters. The van der Waals surface area contributed by atoms with Crippen LogP contribution >= 0.6 is 0 Å². The van der Waals surface area contributed by atoms with E-state index in [-0.39, 0.29) is 11.7 Å². The Bertz CT molecular complexity index is 818. The van der Waals surface area contributed by atoms with Crippen molar-refractivity contribution < 1.29 is 4.79 Å². The van der Waals surface area contributed by atoms with Crippen LogP contribution in [0, 0.1) is 0 Å². The second kappa shape index (κ2) is 7.06. The fraction of sp³-hybridized carbons (Fsp3) is 0.136. The predicted molar refractivity (Wildman–Crippen MR) is 96.9 cm³/mol. The van der Waals surface area contributed by atoms with E-state index in [2.05, 4.69) is 36.9 Å². The van der Waals surface area contributed by atoms with Gasteiger partial charge in [0, 0.05) is 12.0 Å². The van der Waals surface area contributed by atoms with E-state index in [0.29, 0.717) is 6.42 Å². The van der Waals surface area contributed by atoms with Gasteiger partial charge in [-0.05, 0) is 28.7 Å². The molecule has 0 bridgehead atoms. The van der Waals surface area contributed by atoms with Crippen molar-refractivity contribution in [2.45, 2.75) is 18.8 Å². The van der Waals surface area contributed by atoms with E-state index >= 15 is 0 Å². The Morgan fingerprint density at radius 2 is 1.61 bits per heavy atom. The first kappa shape index (κ1) is 15.2. The highest BCUT2D eigenvalue weighted by atomic mass is 16.1. The minimum Gasteiger partial charge on any atom is -0.294 e. The summed E-state index contributed by atoms with van der Waals surface area (Å²) in [5, 5.41) is 2.44. The minimum atomic E-state index is 0.171. The molecule has 0 amide bonds. The standard InChI is InChI=1S/C22H20O/c1-2-8-19(16-22(23)18-10-4-3-5-11-18)21-14-13-17-9-6-7-12-20(17)15-21/h2-7,9-15,19H,1,8,16H2. The Kier molecular flexibility index (Phi) is 4.68. The lowest BCUT2D eigenvalue weighted by atomic mass is 9.88. The molecule has 0 heterocycles. The van der Waals surface area contributed by atoms with Gasteiger partial charge in [0.25, 0.3) is 0 Å². The van der Waals surface area contributed by atoms with Crippen LogP contribution in [-0.4, -0.2) is 5.78 Å². The number of fused-ring (bicyclic) bond motifs is 1. The zero-order valence-electron chi connectivity index (χ0n) is 13.1. The predicted octanol–water partition coefficient (Wildman–Crippen LogP) is 5.77. The van der Waals surface area contributed by atoms with Gasteiger partial charge in [-0.15, -0.1) is 6.58 Å². The highest BCUT2D eigenvalue weighted by Gasteiger charge is 2.16. The third kappa shape index (κ3) is 3.57. The molecule has 23 heavy (non-hydrogen) atoms. The van der Waals surface area contributed by atoms with E-state index in [9.17, 15) is 4.79 Å². The third-order valence-electron chi connectivity index (χ3n) is 4.22. The summed E-state index contributed by atoms with van der Waals surface area (Å²) in [6.45, 7) is 3.86. The number of hydrogen-bond acceptors (Lipinski definition) is 1. The van der Waals surface area contributed by atoms with E-state index in [4.69, 9.17) is 0 Å². The zero-order chi connectivity index (χ0) is 16.1. The van der Waals surface area contributed by atoms with Crippen LogP contribution in [0.15, 0.2) is 85.5 Å². The van der Waals surface area contributed by atoms with Crippen LogP contribution < -0.4 is 0 Å². The molecular weight excluding hydrogens is 280 g/mol. The molecule has 0 saturated heterocycles. The van der Waals surface area contributed by atoms with E-state index in [1.54, 1.807) is 0 Å². The highest BCUT2D eigenvalue weighted by molar-refractivity contribution is 5.96. The quantitative estimate of drug-likeness (QED) is 0.417. The monoisotopic (exact) mass is 300 g/mol. The molecule has 1 atom stereocenters. The van der Waals surface area contributed by atoms with Crippen molar-refractivity contribution in [1.29, 1.82) is 0 Å². The molecule has 0 aliphatic rings. The fourth-order valence-electron chi connectivity index (χ4n) is 2.97. The molecule has 0 N–H and O–H groups in total. The van der Waals surface area contributed by atoms with E-state index in [1.165, 1.54) is 16.3 Å². The molecule has 0 aromatic heterocycles. The molecule has 0 aliphatic heterocycles. The molecule has 0 saturated carbocycles. The van der Waals surface area contributed by atoms with Crippen LogP contribution in [0.3, 0.4) is 0 Å². The summed E-state index contributed by atoms with van der Waals surface area (Å²) in [5.41, 5.74) is 1.98. The van der Waals surface area contributed by atoms with Crippen LogP contribution in [0.25, 0.3) is 10.8 Å². The lowest BCUT2D eigenvalue weighted by Crippen LogP contribution is -2.07. The highest BCUT2D eigenvalue weighted by Crippen LogP contribution is 2.28. The smallest absolute Gasteiger partial charge is 0.163 e. The zero-order valence-corrected chi connectivity index (χ0v) is 13.1. The maximum Gasteiger partial charge on any atom is 0.163 e. The summed E-state index contributed by atoms with van der Waals surface area (Å²) in [7, 11) is 0. The van der Waals surface area contributed by atoms with Crippen LogP contribution in [0.4, 0.5) is 0 Å². The largest absolute Gasteiger partial charge is 0.294 e. The summed E-state index contributed by atoms with van der Waals surface area (Å²) in [6.07, 6.45) is 3.21. The number of carbonyl (C=O) groups is 1. The Hall–Kier alpha value is -2.67. The van der Waals surface area contributed by atoms with Crippen molar-refractivity contribution in [2.75, 3.05) is 0 Å². The van der Waals surface area contributed by atoms with Gasteiger partial charge in [-0.2, -0.15) is 0 Å². The van der Waals surface area contributed by atoms with Crippen molar-refractivity contribution >= 4 is 16.6 Å². The molecule has 0 radical (unpaired) electrons. The van der Waals surface area contributed by atoms with Crippen molar-refractivity contribution in [3.8, 4) is 0 Å². The van der Waals surface area contributed by atoms with Gasteiger partial charge in [-0.25, -0.2) is 0 Å². The summed E-state index contributed by atoms with van der Waals surface area (Å²) in [4.78, 5) is 12.5. The van der Waals surface area contributed by atoms with Crippen molar-refractivity contribution in [3.63, 3.8) is 0 Å². The Morgan fingerprint density at radius 1 is 0.913 bits per heavy atom. The van der Waals surface area contributed by atoms with Gasteiger partial charge in [0.15, 0.2) is 5.78 Å². The molecule has 3 aromatic carbocycles. The topological polar surface area (TPSA) is 17.1 Å². The first-order valence-corrected chi connectivity index (χ1v) is 7.96. The normalized spacial score (nSPS) is 12.0. The van der Waals surface area contributed by atoms with Gasteiger partial charge in [0.1, 0.15) is 0 Å². The number of allylic oxidation sites excluding steroid dienone is 1. The Morgan fingerprint density at radius 3 is 2.35 bits per heavy atom. The SMILES string of the molecule is C=CCC(CC(=O)c1ccccc1)c1ccc2ccccc2c1. The fourth-order valence-corrected chi connectivity index (χ4v) is 2.97. The summed E-state index contributed by atoms with van der Waals surface area (Å²) in [6, 6.07) is 24.3. The van der Waals surface area contributed by atoms with Crippen LogP contribution in [0.2, 0.25) is 0 Å². The Balaban J connectivity index is 1.88. The number of rotatable bonds is 6. The number of hydrogen-bond donors (Lipinski definition) is 0. The molecular formula is C22H20O. The second-order valence-electron chi connectivity index (χ2n) is 5.82. The van der Waals surface area contributed by atoms with Gasteiger partial charge < -0.3 is 0 Å². The van der Waals surface area contributed by atoms with Gasteiger partial charge >= 0.3 is 0 Å². The van der Waals surface area contributed by atoms with Crippen LogP contribution in [0.5, 0.6) is 0 Å². The molecule has 1 nitrogen and oxygen atoms in total. The first-order chi connectivity index (χ1) is 11.3.